The van der Waals surface area contributed by atoms with Crippen LogP contribution in [0.4, 0.5) is 0 Å². The van der Waals surface area contributed by atoms with E-state index in [1.807, 2.05) is 6.92 Å². The minimum absolute atomic E-state index is 0.0509. The van der Waals surface area contributed by atoms with E-state index in [0.717, 1.165) is 19.3 Å². The Morgan fingerprint density at radius 2 is 1.45 bits per heavy atom. The molecule has 0 heterocycles. The molecule has 0 radical (unpaired) electrons. The summed E-state index contributed by atoms with van der Waals surface area (Å²) in [6.45, 7) is 7.53. The van der Waals surface area contributed by atoms with Crippen LogP contribution in [0.1, 0.15) is 47.0 Å². The molecular weight excluding hydrogens is 140 g/mol. The van der Waals surface area contributed by atoms with E-state index in [0.29, 0.717) is 0 Å². The summed E-state index contributed by atoms with van der Waals surface area (Å²) >= 11 is 0. The zero-order valence-corrected chi connectivity index (χ0v) is 8.17. The van der Waals surface area contributed by atoms with Gasteiger partial charge in [-0.25, -0.2) is 0 Å². The molecular formula is C9H22O2. The van der Waals surface area contributed by atoms with E-state index in [-0.39, 0.29) is 12.2 Å². The van der Waals surface area contributed by atoms with Gasteiger partial charge in [0.25, 0.3) is 0 Å². The smallest absolute Gasteiger partial charge is 0.0537 e. The molecule has 0 aromatic rings. The lowest BCUT2D eigenvalue weighted by Crippen LogP contribution is -2.01. The zero-order valence-electron chi connectivity index (χ0n) is 8.17. The minimum Gasteiger partial charge on any atom is -0.394 e. The highest BCUT2D eigenvalue weighted by Crippen LogP contribution is 1.98. The van der Waals surface area contributed by atoms with Gasteiger partial charge in [-0.05, 0) is 26.7 Å². The fourth-order valence-electron chi connectivity index (χ4n) is 0.537. The van der Waals surface area contributed by atoms with Gasteiger partial charge in [0.05, 0.1) is 6.10 Å². The molecule has 0 saturated heterocycles. The van der Waals surface area contributed by atoms with E-state index in [4.69, 9.17) is 10.2 Å². The Morgan fingerprint density at radius 1 is 1.09 bits per heavy atom. The predicted octanol–water partition coefficient (Wildman–Crippen LogP) is 1.94. The Balaban J connectivity index is 0. The molecule has 0 aliphatic rings. The summed E-state index contributed by atoms with van der Waals surface area (Å²) in [5, 5.41) is 16.9. The molecule has 1 unspecified atom stereocenters. The first-order chi connectivity index (χ1) is 5.04. The van der Waals surface area contributed by atoms with Crippen molar-refractivity contribution in [3.8, 4) is 0 Å². The monoisotopic (exact) mass is 162 g/mol. The van der Waals surface area contributed by atoms with Gasteiger partial charge < -0.3 is 10.2 Å². The molecule has 70 valence electrons. The normalized spacial score (nSPS) is 12.3. The summed E-state index contributed by atoms with van der Waals surface area (Å²) in [5.74, 6) is 0. The van der Waals surface area contributed by atoms with E-state index < -0.39 is 0 Å². The Labute approximate surface area is 70.3 Å². The lowest BCUT2D eigenvalue weighted by molar-refractivity contribution is 0.159. The van der Waals surface area contributed by atoms with Crippen molar-refractivity contribution in [2.24, 2.45) is 0 Å². The Morgan fingerprint density at radius 3 is 1.55 bits per heavy atom. The van der Waals surface area contributed by atoms with Gasteiger partial charge >= 0.3 is 0 Å². The fraction of sp³-hybridized carbons (Fsp3) is 1.00. The first-order valence-corrected chi connectivity index (χ1v) is 4.40. The molecule has 0 aromatic heterocycles. The lowest BCUT2D eigenvalue weighted by atomic mass is 10.2. The topological polar surface area (TPSA) is 40.5 Å². The highest BCUT2D eigenvalue weighted by atomic mass is 16.3. The summed E-state index contributed by atoms with van der Waals surface area (Å²) in [6, 6.07) is 0. The molecule has 0 spiro atoms. The molecule has 0 aliphatic heterocycles. The number of aliphatic hydroxyl groups is 2. The minimum atomic E-state index is -0.167. The maximum absolute atomic E-state index is 8.86. The van der Waals surface area contributed by atoms with Crippen molar-refractivity contribution in [2.75, 3.05) is 0 Å². The SMILES string of the molecule is CC(C)O.CCCC(O)CC. The highest BCUT2D eigenvalue weighted by molar-refractivity contribution is 4.47. The van der Waals surface area contributed by atoms with E-state index in [1.54, 1.807) is 13.8 Å². The second-order valence-corrected chi connectivity index (χ2v) is 2.94. The van der Waals surface area contributed by atoms with Crippen molar-refractivity contribution in [3.05, 3.63) is 0 Å². The average molecular weight is 162 g/mol. The van der Waals surface area contributed by atoms with E-state index >= 15 is 0 Å². The number of hydrogen-bond donors (Lipinski definition) is 2. The fourth-order valence-corrected chi connectivity index (χ4v) is 0.537. The highest BCUT2D eigenvalue weighted by Gasteiger charge is 1.94. The molecule has 2 nitrogen and oxygen atoms in total. The summed E-state index contributed by atoms with van der Waals surface area (Å²) in [6.07, 6.45) is 2.73. The predicted molar refractivity (Wildman–Crippen MR) is 48.6 cm³/mol. The van der Waals surface area contributed by atoms with Crippen molar-refractivity contribution >= 4 is 0 Å². The van der Waals surface area contributed by atoms with Crippen LogP contribution in [0.3, 0.4) is 0 Å². The van der Waals surface area contributed by atoms with Crippen LogP contribution in [0, 0.1) is 0 Å². The Kier molecular flexibility index (Phi) is 12.2. The van der Waals surface area contributed by atoms with Crippen LogP contribution in [-0.2, 0) is 0 Å². The molecule has 0 rings (SSSR count). The molecule has 1 atom stereocenters. The Hall–Kier alpha value is -0.0800. The van der Waals surface area contributed by atoms with Crippen molar-refractivity contribution in [3.63, 3.8) is 0 Å². The maximum Gasteiger partial charge on any atom is 0.0537 e. The summed E-state index contributed by atoms with van der Waals surface area (Å²) in [7, 11) is 0. The van der Waals surface area contributed by atoms with Gasteiger partial charge in [-0.2, -0.15) is 0 Å². The molecule has 2 N–H and O–H groups in total. The molecule has 0 aromatic carbocycles. The van der Waals surface area contributed by atoms with Crippen LogP contribution in [0.25, 0.3) is 0 Å². The van der Waals surface area contributed by atoms with Crippen molar-refractivity contribution in [1.82, 2.24) is 0 Å². The van der Waals surface area contributed by atoms with Gasteiger partial charge in [0, 0.05) is 6.10 Å². The summed E-state index contributed by atoms with van der Waals surface area (Å²) in [4.78, 5) is 0. The van der Waals surface area contributed by atoms with Crippen LogP contribution in [0.5, 0.6) is 0 Å². The largest absolute Gasteiger partial charge is 0.394 e. The third-order valence-electron chi connectivity index (χ3n) is 1.09. The maximum atomic E-state index is 8.86. The first-order valence-electron chi connectivity index (χ1n) is 4.40. The molecule has 2 heteroatoms. The van der Waals surface area contributed by atoms with Gasteiger partial charge in [0.15, 0.2) is 0 Å². The van der Waals surface area contributed by atoms with E-state index in [9.17, 15) is 0 Å². The third kappa shape index (κ3) is 25.7. The van der Waals surface area contributed by atoms with Gasteiger partial charge in [-0.3, -0.25) is 0 Å². The van der Waals surface area contributed by atoms with Gasteiger partial charge in [-0.15, -0.1) is 0 Å². The van der Waals surface area contributed by atoms with Crippen LogP contribution in [0.2, 0.25) is 0 Å². The first kappa shape index (κ1) is 13.5. The number of hydrogen-bond acceptors (Lipinski definition) is 2. The quantitative estimate of drug-likeness (QED) is 0.666. The lowest BCUT2D eigenvalue weighted by Gasteiger charge is -2.01. The summed E-state index contributed by atoms with van der Waals surface area (Å²) in [5.41, 5.74) is 0. The van der Waals surface area contributed by atoms with Crippen molar-refractivity contribution in [2.45, 2.75) is 59.2 Å². The molecule has 0 bridgehead atoms. The van der Waals surface area contributed by atoms with Gasteiger partial charge in [0.1, 0.15) is 0 Å². The molecule has 0 saturated carbocycles. The zero-order chi connectivity index (χ0) is 9.28. The molecule has 0 aliphatic carbocycles. The summed E-state index contributed by atoms with van der Waals surface area (Å²) < 4.78 is 0. The number of rotatable bonds is 3. The molecule has 0 fully saturated rings. The van der Waals surface area contributed by atoms with E-state index in [1.165, 1.54) is 0 Å². The second kappa shape index (κ2) is 9.92. The van der Waals surface area contributed by atoms with Crippen LogP contribution in [0.15, 0.2) is 0 Å². The van der Waals surface area contributed by atoms with Gasteiger partial charge in [-0.1, -0.05) is 20.3 Å². The Bertz CT molecular complexity index is 59.8. The number of aliphatic hydroxyl groups excluding tert-OH is 2. The molecule has 11 heavy (non-hydrogen) atoms. The van der Waals surface area contributed by atoms with E-state index in [2.05, 4.69) is 6.92 Å². The van der Waals surface area contributed by atoms with Gasteiger partial charge in [0.2, 0.25) is 0 Å². The van der Waals surface area contributed by atoms with Crippen LogP contribution >= 0.6 is 0 Å². The second-order valence-electron chi connectivity index (χ2n) is 2.94. The molecule has 0 amide bonds. The van der Waals surface area contributed by atoms with Crippen molar-refractivity contribution < 1.29 is 10.2 Å². The van der Waals surface area contributed by atoms with Crippen LogP contribution in [-0.4, -0.2) is 22.4 Å². The van der Waals surface area contributed by atoms with Crippen LogP contribution < -0.4 is 0 Å². The average Bonchev–Trinajstić information content (AvgIpc) is 1.87. The third-order valence-corrected chi connectivity index (χ3v) is 1.09. The standard InChI is InChI=1S/C6H14O.C3H8O/c1-3-5-6(7)4-2;1-3(2)4/h6-7H,3-5H2,1-2H3;3-4H,1-2H3. The van der Waals surface area contributed by atoms with Crippen molar-refractivity contribution in [1.29, 1.82) is 0 Å².